The Morgan fingerprint density at radius 3 is 2.89 bits per heavy atom. The molecule has 0 bridgehead atoms. The molecular formula is C14H17N3O. The van der Waals surface area contributed by atoms with Gasteiger partial charge in [0, 0.05) is 23.4 Å². The minimum absolute atomic E-state index is 0.373. The van der Waals surface area contributed by atoms with Crippen molar-refractivity contribution in [1.82, 2.24) is 9.78 Å². The molecule has 4 heteroatoms. The Hall–Kier alpha value is -2.10. The number of primary amides is 1. The highest BCUT2D eigenvalue weighted by molar-refractivity contribution is 5.94. The predicted octanol–water partition coefficient (Wildman–Crippen LogP) is 2.62. The first-order valence-corrected chi connectivity index (χ1v) is 6.06. The van der Waals surface area contributed by atoms with Crippen LogP contribution < -0.4 is 5.73 Å². The van der Waals surface area contributed by atoms with Crippen molar-refractivity contribution < 1.29 is 4.79 Å². The maximum absolute atomic E-state index is 11.1. The van der Waals surface area contributed by atoms with E-state index in [1.54, 1.807) is 12.1 Å². The number of aromatic nitrogens is 2. The first-order valence-electron chi connectivity index (χ1n) is 6.06. The van der Waals surface area contributed by atoms with Crippen LogP contribution in [-0.2, 0) is 0 Å². The van der Waals surface area contributed by atoms with Crippen LogP contribution in [0, 0.1) is 0 Å². The molecule has 2 aromatic rings. The van der Waals surface area contributed by atoms with E-state index < -0.39 is 5.91 Å². The summed E-state index contributed by atoms with van der Waals surface area (Å²) in [6.07, 6.45) is 4.84. The maximum atomic E-state index is 11.1. The summed E-state index contributed by atoms with van der Waals surface area (Å²) in [6, 6.07) is 7.66. The van der Waals surface area contributed by atoms with E-state index in [1.165, 1.54) is 0 Å². The lowest BCUT2D eigenvalue weighted by molar-refractivity contribution is 0.100. The Balaban J connectivity index is 2.34. The Kier molecular flexibility index (Phi) is 3.46. The summed E-state index contributed by atoms with van der Waals surface area (Å²) >= 11 is 0. The summed E-state index contributed by atoms with van der Waals surface area (Å²) in [6.45, 7) is 4.25. The molecule has 18 heavy (non-hydrogen) atoms. The van der Waals surface area contributed by atoms with Gasteiger partial charge in [0.15, 0.2) is 0 Å². The number of hydrogen-bond donors (Lipinski definition) is 1. The zero-order valence-electron chi connectivity index (χ0n) is 10.6. The molecule has 0 aliphatic heterocycles. The van der Waals surface area contributed by atoms with Crippen LogP contribution in [0.5, 0.6) is 0 Å². The van der Waals surface area contributed by atoms with Gasteiger partial charge in [0.25, 0.3) is 0 Å². The molecule has 1 aromatic heterocycles. The average Bonchev–Trinajstić information content (AvgIpc) is 2.87. The molecule has 0 spiro atoms. The molecule has 0 saturated carbocycles. The molecule has 0 saturated heterocycles. The molecule has 4 nitrogen and oxygen atoms in total. The number of carbonyl (C=O) groups excluding carboxylic acids is 1. The van der Waals surface area contributed by atoms with E-state index in [-0.39, 0.29) is 0 Å². The van der Waals surface area contributed by atoms with Crippen LogP contribution >= 0.6 is 0 Å². The van der Waals surface area contributed by atoms with Gasteiger partial charge in [-0.25, -0.2) is 0 Å². The Labute approximate surface area is 106 Å². The highest BCUT2D eigenvalue weighted by atomic mass is 16.1. The summed E-state index contributed by atoms with van der Waals surface area (Å²) in [5, 5.41) is 4.34. The third-order valence-electron chi connectivity index (χ3n) is 3.12. The van der Waals surface area contributed by atoms with Crippen LogP contribution in [-0.4, -0.2) is 15.7 Å². The molecule has 0 aliphatic carbocycles. The standard InChI is InChI=1S/C14H17N3O/c1-3-10(2)17-9-13(8-16-17)11-5-4-6-12(7-11)14(15)18/h4-10H,3H2,1-2H3,(H2,15,18). The quantitative estimate of drug-likeness (QED) is 0.897. The number of nitrogens with two attached hydrogens (primary N) is 1. The summed E-state index contributed by atoms with van der Waals surface area (Å²) in [4.78, 5) is 11.1. The van der Waals surface area contributed by atoms with Crippen LogP contribution in [0.3, 0.4) is 0 Å². The van der Waals surface area contributed by atoms with Crippen molar-refractivity contribution in [2.75, 3.05) is 0 Å². The van der Waals surface area contributed by atoms with E-state index in [1.807, 2.05) is 29.2 Å². The lowest BCUT2D eigenvalue weighted by Gasteiger charge is -2.07. The van der Waals surface area contributed by atoms with E-state index in [0.29, 0.717) is 11.6 Å². The van der Waals surface area contributed by atoms with Gasteiger partial charge in [-0.2, -0.15) is 5.10 Å². The Morgan fingerprint density at radius 1 is 1.44 bits per heavy atom. The molecule has 1 amide bonds. The van der Waals surface area contributed by atoms with E-state index in [9.17, 15) is 4.79 Å². The molecule has 94 valence electrons. The van der Waals surface area contributed by atoms with Crippen molar-refractivity contribution in [3.8, 4) is 11.1 Å². The minimum Gasteiger partial charge on any atom is -0.366 e. The predicted molar refractivity (Wildman–Crippen MR) is 71.2 cm³/mol. The molecule has 2 rings (SSSR count). The molecular weight excluding hydrogens is 226 g/mol. The number of benzene rings is 1. The first kappa shape index (κ1) is 12.4. The van der Waals surface area contributed by atoms with Gasteiger partial charge < -0.3 is 5.73 Å². The van der Waals surface area contributed by atoms with Gasteiger partial charge in [-0.3, -0.25) is 9.48 Å². The summed E-state index contributed by atoms with van der Waals surface area (Å²) < 4.78 is 1.94. The van der Waals surface area contributed by atoms with E-state index >= 15 is 0 Å². The van der Waals surface area contributed by atoms with Crippen molar-refractivity contribution >= 4 is 5.91 Å². The summed E-state index contributed by atoms with van der Waals surface area (Å²) in [5.74, 6) is -0.411. The number of amides is 1. The van der Waals surface area contributed by atoms with Crippen LogP contribution in [0.1, 0.15) is 36.7 Å². The van der Waals surface area contributed by atoms with E-state index in [0.717, 1.165) is 17.5 Å². The molecule has 1 aromatic carbocycles. The van der Waals surface area contributed by atoms with Gasteiger partial charge in [0.2, 0.25) is 5.91 Å². The molecule has 1 atom stereocenters. The number of nitrogens with zero attached hydrogens (tertiary/aromatic N) is 2. The summed E-state index contributed by atoms with van der Waals surface area (Å²) in [5.41, 5.74) is 7.75. The highest BCUT2D eigenvalue weighted by Gasteiger charge is 2.07. The molecule has 1 unspecified atom stereocenters. The number of hydrogen-bond acceptors (Lipinski definition) is 2. The van der Waals surface area contributed by atoms with Crippen molar-refractivity contribution in [1.29, 1.82) is 0 Å². The minimum atomic E-state index is -0.411. The maximum Gasteiger partial charge on any atom is 0.248 e. The first-order chi connectivity index (χ1) is 8.61. The highest BCUT2D eigenvalue weighted by Crippen LogP contribution is 2.21. The topological polar surface area (TPSA) is 60.9 Å². The van der Waals surface area contributed by atoms with Crippen LogP contribution in [0.4, 0.5) is 0 Å². The monoisotopic (exact) mass is 243 g/mol. The third kappa shape index (κ3) is 2.42. The average molecular weight is 243 g/mol. The van der Waals surface area contributed by atoms with Crippen molar-refractivity contribution in [3.05, 3.63) is 42.2 Å². The second kappa shape index (κ2) is 5.04. The smallest absolute Gasteiger partial charge is 0.248 e. The van der Waals surface area contributed by atoms with Gasteiger partial charge >= 0.3 is 0 Å². The Morgan fingerprint density at radius 2 is 2.22 bits per heavy atom. The molecule has 0 radical (unpaired) electrons. The normalized spacial score (nSPS) is 12.3. The zero-order chi connectivity index (χ0) is 13.1. The second-order valence-electron chi connectivity index (χ2n) is 4.41. The fraction of sp³-hybridized carbons (Fsp3) is 0.286. The fourth-order valence-electron chi connectivity index (χ4n) is 1.77. The lowest BCUT2D eigenvalue weighted by Crippen LogP contribution is -2.10. The van der Waals surface area contributed by atoms with Crippen molar-refractivity contribution in [2.24, 2.45) is 5.73 Å². The van der Waals surface area contributed by atoms with Gasteiger partial charge in [-0.05, 0) is 31.0 Å². The van der Waals surface area contributed by atoms with Crippen molar-refractivity contribution in [3.63, 3.8) is 0 Å². The lowest BCUT2D eigenvalue weighted by atomic mass is 10.1. The Bertz CT molecular complexity index is 560. The van der Waals surface area contributed by atoms with Crippen molar-refractivity contribution in [2.45, 2.75) is 26.3 Å². The molecule has 0 fully saturated rings. The fourth-order valence-corrected chi connectivity index (χ4v) is 1.77. The second-order valence-corrected chi connectivity index (χ2v) is 4.41. The van der Waals surface area contributed by atoms with Gasteiger partial charge in [-0.1, -0.05) is 19.1 Å². The van der Waals surface area contributed by atoms with Crippen LogP contribution in [0.2, 0.25) is 0 Å². The number of rotatable bonds is 4. The largest absolute Gasteiger partial charge is 0.366 e. The van der Waals surface area contributed by atoms with Gasteiger partial charge in [0.1, 0.15) is 0 Å². The molecule has 2 N–H and O–H groups in total. The van der Waals surface area contributed by atoms with Gasteiger partial charge in [-0.15, -0.1) is 0 Å². The number of carbonyl (C=O) groups is 1. The summed E-state index contributed by atoms with van der Waals surface area (Å²) in [7, 11) is 0. The zero-order valence-corrected chi connectivity index (χ0v) is 10.6. The third-order valence-corrected chi connectivity index (χ3v) is 3.12. The van der Waals surface area contributed by atoms with Crippen LogP contribution in [0.25, 0.3) is 11.1 Å². The van der Waals surface area contributed by atoms with E-state index in [2.05, 4.69) is 18.9 Å². The SMILES string of the molecule is CCC(C)n1cc(-c2cccc(C(N)=O)c2)cn1. The molecule has 1 heterocycles. The van der Waals surface area contributed by atoms with E-state index in [4.69, 9.17) is 5.73 Å². The molecule has 0 aliphatic rings. The van der Waals surface area contributed by atoms with Gasteiger partial charge in [0.05, 0.1) is 6.20 Å². The van der Waals surface area contributed by atoms with Crippen LogP contribution in [0.15, 0.2) is 36.7 Å².